The minimum atomic E-state index is -3.77. The van der Waals surface area contributed by atoms with Crippen LogP contribution in [0.5, 0.6) is 5.75 Å². The Hall–Kier alpha value is -3.07. The molecule has 2 amide bonds. The lowest BCUT2D eigenvalue weighted by Crippen LogP contribution is -2.52. The van der Waals surface area contributed by atoms with Crippen molar-refractivity contribution in [1.29, 1.82) is 0 Å². The van der Waals surface area contributed by atoms with Crippen LogP contribution in [0.25, 0.3) is 0 Å². The molecule has 2 aromatic carbocycles. The Kier molecular flexibility index (Phi) is 9.49. The smallest absolute Gasteiger partial charge is 0.244 e. The molecular formula is C25H35N3O5S. The first kappa shape index (κ1) is 27.2. The van der Waals surface area contributed by atoms with Crippen molar-refractivity contribution in [3.63, 3.8) is 0 Å². The van der Waals surface area contributed by atoms with Crippen molar-refractivity contribution in [3.8, 4) is 5.75 Å². The predicted molar refractivity (Wildman–Crippen MR) is 134 cm³/mol. The lowest BCUT2D eigenvalue weighted by Gasteiger charge is -2.32. The summed E-state index contributed by atoms with van der Waals surface area (Å²) in [5.74, 6) is -0.179. The van der Waals surface area contributed by atoms with E-state index in [1.54, 1.807) is 31.2 Å². The van der Waals surface area contributed by atoms with Gasteiger partial charge in [0.25, 0.3) is 0 Å². The van der Waals surface area contributed by atoms with E-state index < -0.39 is 28.5 Å². The number of nitrogens with zero attached hydrogens (tertiary/aromatic N) is 2. The first-order valence-electron chi connectivity index (χ1n) is 11.3. The molecule has 0 aliphatic rings. The van der Waals surface area contributed by atoms with E-state index in [4.69, 9.17) is 4.74 Å². The second kappa shape index (κ2) is 11.9. The molecule has 8 nitrogen and oxygen atoms in total. The third kappa shape index (κ3) is 7.76. The highest BCUT2D eigenvalue weighted by molar-refractivity contribution is 7.92. The van der Waals surface area contributed by atoms with Crippen molar-refractivity contribution in [2.45, 2.75) is 53.2 Å². The summed E-state index contributed by atoms with van der Waals surface area (Å²) < 4.78 is 31.7. The van der Waals surface area contributed by atoms with Crippen LogP contribution in [-0.2, 0) is 26.2 Å². The minimum absolute atomic E-state index is 0.0951. The molecule has 0 fully saturated rings. The first-order chi connectivity index (χ1) is 15.9. The summed E-state index contributed by atoms with van der Waals surface area (Å²) in [4.78, 5) is 27.7. The highest BCUT2D eigenvalue weighted by Crippen LogP contribution is 2.22. The van der Waals surface area contributed by atoms with E-state index in [0.717, 1.165) is 21.7 Å². The van der Waals surface area contributed by atoms with Crippen LogP contribution >= 0.6 is 0 Å². The van der Waals surface area contributed by atoms with Crippen LogP contribution < -0.4 is 14.4 Å². The van der Waals surface area contributed by atoms with E-state index in [9.17, 15) is 18.0 Å². The molecule has 1 N–H and O–H groups in total. The molecule has 0 heterocycles. The fourth-order valence-corrected chi connectivity index (χ4v) is 4.33. The molecule has 0 spiro atoms. The van der Waals surface area contributed by atoms with Gasteiger partial charge in [-0.15, -0.1) is 0 Å². The topological polar surface area (TPSA) is 96.0 Å². The molecule has 2 aromatic rings. The van der Waals surface area contributed by atoms with Crippen molar-refractivity contribution in [1.82, 2.24) is 10.2 Å². The van der Waals surface area contributed by atoms with Crippen LogP contribution in [0.1, 0.15) is 38.8 Å². The third-order valence-electron chi connectivity index (χ3n) is 5.15. The molecule has 34 heavy (non-hydrogen) atoms. The van der Waals surface area contributed by atoms with Gasteiger partial charge in [0.05, 0.1) is 18.6 Å². The number of amides is 2. The summed E-state index contributed by atoms with van der Waals surface area (Å²) in [6, 6.07) is 13.3. The maximum atomic E-state index is 13.5. The van der Waals surface area contributed by atoms with Gasteiger partial charge in [-0.1, -0.05) is 29.8 Å². The SMILES string of the molecule is CCOc1ccc(N(CC(=O)N(Cc2cccc(C)c2)[C@H](C)C(=O)NC(C)C)S(C)(=O)=O)cc1. The fourth-order valence-electron chi connectivity index (χ4n) is 3.48. The van der Waals surface area contributed by atoms with E-state index in [1.807, 2.05) is 52.0 Å². The number of ether oxygens (including phenoxy) is 1. The van der Waals surface area contributed by atoms with Crippen molar-refractivity contribution in [2.24, 2.45) is 0 Å². The van der Waals surface area contributed by atoms with Gasteiger partial charge in [0.15, 0.2) is 0 Å². The molecule has 186 valence electrons. The zero-order valence-corrected chi connectivity index (χ0v) is 21.6. The van der Waals surface area contributed by atoms with E-state index in [1.165, 1.54) is 4.90 Å². The second-order valence-corrected chi connectivity index (χ2v) is 10.5. The number of anilines is 1. The number of benzene rings is 2. The van der Waals surface area contributed by atoms with Gasteiger partial charge >= 0.3 is 0 Å². The monoisotopic (exact) mass is 489 g/mol. The van der Waals surface area contributed by atoms with Gasteiger partial charge in [0, 0.05) is 12.6 Å². The Balaban J connectivity index is 2.37. The lowest BCUT2D eigenvalue weighted by molar-refractivity contribution is -0.139. The quantitative estimate of drug-likeness (QED) is 0.523. The molecular weight excluding hydrogens is 454 g/mol. The van der Waals surface area contributed by atoms with Crippen molar-refractivity contribution < 1.29 is 22.7 Å². The lowest BCUT2D eigenvalue weighted by atomic mass is 10.1. The molecule has 0 radical (unpaired) electrons. The van der Waals surface area contributed by atoms with Gasteiger partial charge in [0.1, 0.15) is 18.3 Å². The molecule has 2 rings (SSSR count). The number of sulfonamides is 1. The Morgan fingerprint density at radius 1 is 1.06 bits per heavy atom. The van der Waals surface area contributed by atoms with E-state index in [2.05, 4.69) is 5.32 Å². The largest absolute Gasteiger partial charge is 0.494 e. The van der Waals surface area contributed by atoms with Crippen molar-refractivity contribution >= 4 is 27.5 Å². The number of nitrogens with one attached hydrogen (secondary N) is 1. The van der Waals surface area contributed by atoms with Gasteiger partial charge in [0.2, 0.25) is 21.8 Å². The van der Waals surface area contributed by atoms with Crippen LogP contribution in [0, 0.1) is 6.92 Å². The fraction of sp³-hybridized carbons (Fsp3) is 0.440. The van der Waals surface area contributed by atoms with Crippen molar-refractivity contribution in [3.05, 3.63) is 59.7 Å². The Labute approximate surface area is 202 Å². The van der Waals surface area contributed by atoms with Gasteiger partial charge < -0.3 is 15.0 Å². The standard InChI is InChI=1S/C25H35N3O5S/c1-7-33-23-13-11-22(12-14-23)28(34(6,31)32)17-24(29)27(20(5)25(30)26-18(2)3)16-21-10-8-9-19(4)15-21/h8-15,18,20H,7,16-17H2,1-6H3,(H,26,30)/t20-/m1/s1. The van der Waals surface area contributed by atoms with E-state index in [0.29, 0.717) is 18.0 Å². The van der Waals surface area contributed by atoms with Crippen LogP contribution in [-0.4, -0.2) is 56.6 Å². The summed E-state index contributed by atoms with van der Waals surface area (Å²) in [6.45, 7) is 9.36. The number of hydrogen-bond donors (Lipinski definition) is 1. The number of rotatable bonds is 11. The first-order valence-corrected chi connectivity index (χ1v) is 13.1. The molecule has 0 saturated carbocycles. The van der Waals surface area contributed by atoms with E-state index >= 15 is 0 Å². The molecule has 0 unspecified atom stereocenters. The average molecular weight is 490 g/mol. The Bertz CT molecular complexity index is 1080. The number of carbonyl (C=O) groups excluding carboxylic acids is 2. The summed E-state index contributed by atoms with van der Waals surface area (Å²) in [5.41, 5.74) is 2.22. The second-order valence-electron chi connectivity index (χ2n) is 8.55. The number of aryl methyl sites for hydroxylation is 1. The summed E-state index contributed by atoms with van der Waals surface area (Å²) >= 11 is 0. The van der Waals surface area contributed by atoms with Crippen LogP contribution in [0.3, 0.4) is 0 Å². The summed E-state index contributed by atoms with van der Waals surface area (Å²) in [6.07, 6.45) is 1.05. The molecule has 0 aliphatic carbocycles. The molecule has 0 aromatic heterocycles. The molecule has 0 aliphatic heterocycles. The molecule has 1 atom stereocenters. The van der Waals surface area contributed by atoms with Crippen molar-refractivity contribution in [2.75, 3.05) is 23.7 Å². The van der Waals surface area contributed by atoms with Crippen LogP contribution in [0.2, 0.25) is 0 Å². The molecule has 0 saturated heterocycles. The highest BCUT2D eigenvalue weighted by Gasteiger charge is 2.30. The minimum Gasteiger partial charge on any atom is -0.494 e. The zero-order chi connectivity index (χ0) is 25.5. The van der Waals surface area contributed by atoms with Gasteiger partial charge in [-0.2, -0.15) is 0 Å². The predicted octanol–water partition coefficient (Wildman–Crippen LogP) is 3.10. The summed E-state index contributed by atoms with van der Waals surface area (Å²) in [7, 11) is -3.77. The van der Waals surface area contributed by atoms with E-state index in [-0.39, 0.29) is 18.5 Å². The van der Waals surface area contributed by atoms with Gasteiger partial charge in [-0.25, -0.2) is 8.42 Å². The highest BCUT2D eigenvalue weighted by atomic mass is 32.2. The molecule has 9 heteroatoms. The van der Waals surface area contributed by atoms with Gasteiger partial charge in [-0.3, -0.25) is 13.9 Å². The Morgan fingerprint density at radius 3 is 2.24 bits per heavy atom. The maximum Gasteiger partial charge on any atom is 0.244 e. The van der Waals surface area contributed by atoms with Crippen LogP contribution in [0.15, 0.2) is 48.5 Å². The number of carbonyl (C=O) groups is 2. The zero-order valence-electron chi connectivity index (χ0n) is 20.7. The third-order valence-corrected chi connectivity index (χ3v) is 6.29. The maximum absolute atomic E-state index is 13.5. The molecule has 0 bridgehead atoms. The normalized spacial score (nSPS) is 12.2. The summed E-state index contributed by atoms with van der Waals surface area (Å²) in [5, 5.41) is 2.83. The average Bonchev–Trinajstić information content (AvgIpc) is 2.75. The van der Waals surface area contributed by atoms with Crippen LogP contribution in [0.4, 0.5) is 5.69 Å². The number of hydrogen-bond acceptors (Lipinski definition) is 5. The Morgan fingerprint density at radius 2 is 1.71 bits per heavy atom. The van der Waals surface area contributed by atoms with Gasteiger partial charge in [-0.05, 0) is 64.4 Å².